The summed E-state index contributed by atoms with van der Waals surface area (Å²) in [7, 11) is 0. The van der Waals surface area contributed by atoms with E-state index in [4.69, 9.17) is 28.9 Å². The van der Waals surface area contributed by atoms with Crippen LogP contribution in [0.5, 0.6) is 0 Å². The van der Waals surface area contributed by atoms with E-state index in [-0.39, 0.29) is 18.4 Å². The van der Waals surface area contributed by atoms with E-state index in [9.17, 15) is 0 Å². The first kappa shape index (κ1) is 18.9. The molecular weight excluding hydrogens is 303 g/mol. The number of aryl methyl sites for hydroxylation is 1. The number of hydrogen-bond acceptors (Lipinski definition) is 2. The fraction of sp³-hybridized carbons (Fsp3) is 0.571. The molecular formula is C14H23Cl3N2. The molecule has 19 heavy (non-hydrogen) atoms. The van der Waals surface area contributed by atoms with Gasteiger partial charge >= 0.3 is 0 Å². The van der Waals surface area contributed by atoms with E-state index in [0.717, 1.165) is 19.5 Å². The zero-order chi connectivity index (χ0) is 13.5. The summed E-state index contributed by atoms with van der Waals surface area (Å²) in [6.45, 7) is 5.79. The SMILES string of the molecule is Cc1cc(N(CCCl)CCCl)ccc1CC(C)N.Cl. The molecule has 0 aromatic heterocycles. The van der Waals surface area contributed by atoms with E-state index in [1.54, 1.807) is 0 Å². The summed E-state index contributed by atoms with van der Waals surface area (Å²) in [5.41, 5.74) is 9.61. The molecule has 110 valence electrons. The molecule has 0 aliphatic heterocycles. The zero-order valence-corrected chi connectivity index (χ0v) is 13.9. The minimum atomic E-state index is 0. The van der Waals surface area contributed by atoms with Crippen LogP contribution in [0.1, 0.15) is 18.1 Å². The zero-order valence-electron chi connectivity index (χ0n) is 11.5. The predicted molar refractivity (Wildman–Crippen MR) is 89.4 cm³/mol. The van der Waals surface area contributed by atoms with Crippen molar-refractivity contribution in [3.63, 3.8) is 0 Å². The highest BCUT2D eigenvalue weighted by atomic mass is 35.5. The van der Waals surface area contributed by atoms with Gasteiger partial charge in [-0.3, -0.25) is 0 Å². The van der Waals surface area contributed by atoms with Crippen LogP contribution in [0, 0.1) is 6.92 Å². The number of benzene rings is 1. The highest BCUT2D eigenvalue weighted by molar-refractivity contribution is 6.18. The Balaban J connectivity index is 0.00000324. The predicted octanol–water partition coefficient (Wildman–Crippen LogP) is 3.59. The van der Waals surface area contributed by atoms with Gasteiger partial charge in [0.2, 0.25) is 0 Å². The van der Waals surface area contributed by atoms with Gasteiger partial charge < -0.3 is 10.6 Å². The van der Waals surface area contributed by atoms with Crippen molar-refractivity contribution in [3.8, 4) is 0 Å². The molecule has 0 aliphatic carbocycles. The molecule has 0 saturated carbocycles. The molecule has 2 nitrogen and oxygen atoms in total. The molecule has 0 radical (unpaired) electrons. The lowest BCUT2D eigenvalue weighted by atomic mass is 10.0. The third-order valence-corrected chi connectivity index (χ3v) is 3.28. The number of halogens is 3. The minimum Gasteiger partial charge on any atom is -0.369 e. The van der Waals surface area contributed by atoms with E-state index in [0.29, 0.717) is 11.8 Å². The first-order valence-corrected chi connectivity index (χ1v) is 7.37. The lowest BCUT2D eigenvalue weighted by Crippen LogP contribution is -2.27. The smallest absolute Gasteiger partial charge is 0.0399 e. The van der Waals surface area contributed by atoms with Crippen LogP contribution < -0.4 is 10.6 Å². The minimum absolute atomic E-state index is 0. The Bertz CT molecular complexity index is 364. The molecule has 1 aromatic rings. The van der Waals surface area contributed by atoms with Crippen LogP contribution in [-0.2, 0) is 6.42 Å². The summed E-state index contributed by atoms with van der Waals surface area (Å²) < 4.78 is 0. The summed E-state index contributed by atoms with van der Waals surface area (Å²) in [6, 6.07) is 6.67. The number of hydrogen-bond donors (Lipinski definition) is 1. The number of alkyl halides is 2. The maximum atomic E-state index is 5.84. The number of rotatable bonds is 7. The number of anilines is 1. The van der Waals surface area contributed by atoms with E-state index >= 15 is 0 Å². The first-order chi connectivity index (χ1) is 8.58. The second-order valence-corrected chi connectivity index (χ2v) is 5.41. The van der Waals surface area contributed by atoms with Crippen molar-refractivity contribution >= 4 is 41.3 Å². The highest BCUT2D eigenvalue weighted by Gasteiger charge is 2.08. The Labute approximate surface area is 132 Å². The third-order valence-electron chi connectivity index (χ3n) is 2.94. The molecule has 0 heterocycles. The van der Waals surface area contributed by atoms with Crippen molar-refractivity contribution in [1.29, 1.82) is 0 Å². The van der Waals surface area contributed by atoms with Gasteiger partial charge in [0, 0.05) is 36.6 Å². The third kappa shape index (κ3) is 6.22. The summed E-state index contributed by atoms with van der Waals surface area (Å²) in [5, 5.41) is 0. The molecule has 0 fully saturated rings. The average Bonchev–Trinajstić information content (AvgIpc) is 2.31. The van der Waals surface area contributed by atoms with Crippen LogP contribution in [0.4, 0.5) is 5.69 Å². The fourth-order valence-corrected chi connectivity index (χ4v) is 2.43. The van der Waals surface area contributed by atoms with Crippen LogP contribution in [0.3, 0.4) is 0 Å². The van der Waals surface area contributed by atoms with Crippen LogP contribution >= 0.6 is 35.6 Å². The summed E-state index contributed by atoms with van der Waals surface area (Å²) >= 11 is 11.6. The van der Waals surface area contributed by atoms with Crippen LogP contribution in [0.2, 0.25) is 0 Å². The average molecular weight is 326 g/mol. The molecule has 1 atom stereocenters. The Morgan fingerprint density at radius 3 is 2.21 bits per heavy atom. The molecule has 0 saturated heterocycles. The molecule has 2 N–H and O–H groups in total. The van der Waals surface area contributed by atoms with Crippen molar-refractivity contribution < 1.29 is 0 Å². The van der Waals surface area contributed by atoms with E-state index in [1.807, 2.05) is 6.92 Å². The Hall–Kier alpha value is -0.150. The molecule has 0 spiro atoms. The Morgan fingerprint density at radius 2 is 1.79 bits per heavy atom. The highest BCUT2D eigenvalue weighted by Crippen LogP contribution is 2.20. The van der Waals surface area contributed by atoms with Crippen LogP contribution in [0.25, 0.3) is 0 Å². The van der Waals surface area contributed by atoms with Gasteiger partial charge in [0.15, 0.2) is 0 Å². The maximum absolute atomic E-state index is 5.84. The van der Waals surface area contributed by atoms with Gasteiger partial charge in [0.25, 0.3) is 0 Å². The van der Waals surface area contributed by atoms with E-state index in [2.05, 4.69) is 30.0 Å². The molecule has 0 aliphatic rings. The second kappa shape index (κ2) is 9.71. The Kier molecular flexibility index (Phi) is 9.63. The summed E-state index contributed by atoms with van der Waals surface area (Å²) in [6.07, 6.45) is 0.914. The maximum Gasteiger partial charge on any atom is 0.0399 e. The molecule has 1 rings (SSSR count). The first-order valence-electron chi connectivity index (χ1n) is 6.30. The summed E-state index contributed by atoms with van der Waals surface area (Å²) in [4.78, 5) is 2.21. The largest absolute Gasteiger partial charge is 0.369 e. The van der Waals surface area contributed by atoms with Gasteiger partial charge in [-0.05, 0) is 43.5 Å². The lowest BCUT2D eigenvalue weighted by Gasteiger charge is -2.24. The van der Waals surface area contributed by atoms with Gasteiger partial charge in [-0.1, -0.05) is 6.07 Å². The fourth-order valence-electron chi connectivity index (χ4n) is 2.03. The standard InChI is InChI=1S/C14H22Cl2N2.ClH/c1-11-9-14(18(7-5-15)8-6-16)4-3-13(11)10-12(2)17;/h3-4,9,12H,5-8,10,17H2,1-2H3;1H. The lowest BCUT2D eigenvalue weighted by molar-refractivity contribution is 0.734. The second-order valence-electron chi connectivity index (χ2n) is 4.66. The topological polar surface area (TPSA) is 29.3 Å². The normalized spacial score (nSPS) is 11.8. The van der Waals surface area contributed by atoms with Crippen LogP contribution in [-0.4, -0.2) is 30.9 Å². The molecule has 1 aromatic carbocycles. The van der Waals surface area contributed by atoms with Crippen LogP contribution in [0.15, 0.2) is 18.2 Å². The molecule has 0 bridgehead atoms. The van der Waals surface area contributed by atoms with Crippen molar-refractivity contribution in [3.05, 3.63) is 29.3 Å². The van der Waals surface area contributed by atoms with E-state index < -0.39 is 0 Å². The quantitative estimate of drug-likeness (QED) is 0.776. The van der Waals surface area contributed by atoms with E-state index in [1.165, 1.54) is 16.8 Å². The monoisotopic (exact) mass is 324 g/mol. The number of nitrogens with zero attached hydrogens (tertiary/aromatic N) is 1. The van der Waals surface area contributed by atoms with Gasteiger partial charge in [-0.2, -0.15) is 0 Å². The number of nitrogens with two attached hydrogens (primary N) is 1. The summed E-state index contributed by atoms with van der Waals surface area (Å²) in [5.74, 6) is 1.22. The van der Waals surface area contributed by atoms with Crippen molar-refractivity contribution in [1.82, 2.24) is 0 Å². The van der Waals surface area contributed by atoms with Crippen molar-refractivity contribution in [2.45, 2.75) is 26.3 Å². The van der Waals surface area contributed by atoms with Gasteiger partial charge in [-0.15, -0.1) is 35.6 Å². The molecule has 5 heteroatoms. The van der Waals surface area contributed by atoms with Gasteiger partial charge in [0.05, 0.1) is 0 Å². The van der Waals surface area contributed by atoms with Gasteiger partial charge in [0.1, 0.15) is 0 Å². The van der Waals surface area contributed by atoms with Gasteiger partial charge in [-0.25, -0.2) is 0 Å². The molecule has 1 unspecified atom stereocenters. The van der Waals surface area contributed by atoms with Crippen molar-refractivity contribution in [2.75, 3.05) is 29.7 Å². The molecule has 0 amide bonds. The Morgan fingerprint density at radius 1 is 1.21 bits per heavy atom. The van der Waals surface area contributed by atoms with Crippen molar-refractivity contribution in [2.24, 2.45) is 5.73 Å².